The van der Waals surface area contributed by atoms with Crippen LogP contribution in [0.25, 0.3) is 0 Å². The molecule has 0 aliphatic heterocycles. The standard InChI is InChI=1S/C15H15F15O4/c1-3-8(2,11(16,17)18)7(31)34-6(4-9(32,12(19,20)21)13(22,23)24)5-10(33,14(25,26)27)15(28,29)30/h6,32-33H,3-5H2,1-2H3. The molecule has 1 unspecified atom stereocenters. The third-order valence-corrected chi connectivity index (χ3v) is 4.98. The zero-order valence-corrected chi connectivity index (χ0v) is 16.6. The molecule has 0 rings (SSSR count). The van der Waals surface area contributed by atoms with Gasteiger partial charge in [-0.25, -0.2) is 0 Å². The van der Waals surface area contributed by atoms with Crippen LogP contribution in [-0.2, 0) is 9.53 Å². The molecule has 0 saturated carbocycles. The van der Waals surface area contributed by atoms with Gasteiger partial charge < -0.3 is 14.9 Å². The van der Waals surface area contributed by atoms with Gasteiger partial charge in [-0.05, 0) is 13.3 Å². The van der Waals surface area contributed by atoms with Gasteiger partial charge in [-0.15, -0.1) is 0 Å². The fourth-order valence-corrected chi connectivity index (χ4v) is 2.34. The Morgan fingerprint density at radius 2 is 0.912 bits per heavy atom. The fraction of sp³-hybridized carbons (Fsp3) is 0.933. The molecule has 34 heavy (non-hydrogen) atoms. The van der Waals surface area contributed by atoms with Crippen molar-refractivity contribution < 1.29 is 85.6 Å². The van der Waals surface area contributed by atoms with Crippen molar-refractivity contribution in [1.29, 1.82) is 0 Å². The van der Waals surface area contributed by atoms with E-state index in [0.717, 1.165) is 0 Å². The van der Waals surface area contributed by atoms with E-state index in [-0.39, 0.29) is 6.92 Å². The maximum Gasteiger partial charge on any atom is 0.426 e. The molecule has 0 fully saturated rings. The quantitative estimate of drug-likeness (QED) is 0.335. The van der Waals surface area contributed by atoms with Crippen LogP contribution in [0.2, 0.25) is 0 Å². The lowest BCUT2D eigenvalue weighted by Crippen LogP contribution is -2.62. The normalized spacial score (nSPS) is 17.1. The molecule has 2 N–H and O–H groups in total. The van der Waals surface area contributed by atoms with Crippen LogP contribution in [0.3, 0.4) is 0 Å². The average molecular weight is 544 g/mol. The summed E-state index contributed by atoms with van der Waals surface area (Å²) in [6.07, 6.45) is -45.3. The van der Waals surface area contributed by atoms with Crippen molar-refractivity contribution in [2.45, 2.75) is 81.3 Å². The van der Waals surface area contributed by atoms with E-state index in [0.29, 0.717) is 6.92 Å². The van der Waals surface area contributed by atoms with Crippen molar-refractivity contribution in [3.8, 4) is 0 Å². The molecule has 0 aromatic heterocycles. The van der Waals surface area contributed by atoms with Gasteiger partial charge in [0.05, 0.1) is 0 Å². The minimum atomic E-state index is -6.87. The maximum atomic E-state index is 13.1. The van der Waals surface area contributed by atoms with E-state index in [1.54, 1.807) is 0 Å². The van der Waals surface area contributed by atoms with E-state index >= 15 is 0 Å². The summed E-state index contributed by atoms with van der Waals surface area (Å²) in [5.41, 5.74) is -16.1. The van der Waals surface area contributed by atoms with Gasteiger partial charge in [0.15, 0.2) is 5.41 Å². The van der Waals surface area contributed by atoms with Gasteiger partial charge in [0, 0.05) is 12.8 Å². The summed E-state index contributed by atoms with van der Waals surface area (Å²) in [6.45, 7) is 0.527. The summed E-state index contributed by atoms with van der Waals surface area (Å²) in [5, 5.41) is 18.2. The van der Waals surface area contributed by atoms with Gasteiger partial charge in [0.2, 0.25) is 0 Å². The number of hydrogen-bond donors (Lipinski definition) is 2. The highest BCUT2D eigenvalue weighted by Crippen LogP contribution is 2.51. The lowest BCUT2D eigenvalue weighted by molar-refractivity contribution is -0.386. The van der Waals surface area contributed by atoms with Crippen molar-refractivity contribution in [3.63, 3.8) is 0 Å². The predicted molar refractivity (Wildman–Crippen MR) is 77.7 cm³/mol. The van der Waals surface area contributed by atoms with Gasteiger partial charge in [0.25, 0.3) is 11.2 Å². The Morgan fingerprint density at radius 1 is 0.647 bits per heavy atom. The number of halogens is 15. The van der Waals surface area contributed by atoms with Gasteiger partial charge in [-0.1, -0.05) is 6.92 Å². The van der Waals surface area contributed by atoms with Crippen LogP contribution in [0.15, 0.2) is 0 Å². The molecule has 0 aliphatic carbocycles. The largest absolute Gasteiger partial charge is 0.461 e. The fourth-order valence-electron chi connectivity index (χ4n) is 2.34. The molecule has 0 aliphatic rings. The van der Waals surface area contributed by atoms with Crippen molar-refractivity contribution in [2.24, 2.45) is 5.41 Å². The zero-order valence-electron chi connectivity index (χ0n) is 16.6. The molecule has 4 nitrogen and oxygen atoms in total. The number of esters is 1. The van der Waals surface area contributed by atoms with Crippen molar-refractivity contribution >= 4 is 5.97 Å². The van der Waals surface area contributed by atoms with Crippen molar-refractivity contribution in [2.75, 3.05) is 0 Å². The third-order valence-electron chi connectivity index (χ3n) is 4.98. The molecule has 1 atom stereocenters. The Hall–Kier alpha value is -1.66. The topological polar surface area (TPSA) is 66.8 Å². The number of ether oxygens (including phenoxy) is 1. The van der Waals surface area contributed by atoms with Crippen LogP contribution >= 0.6 is 0 Å². The molecular weight excluding hydrogens is 529 g/mol. The van der Waals surface area contributed by atoms with Gasteiger partial charge >= 0.3 is 36.9 Å². The Kier molecular flexibility index (Phi) is 8.64. The van der Waals surface area contributed by atoms with E-state index in [4.69, 9.17) is 10.2 Å². The van der Waals surface area contributed by atoms with Crippen LogP contribution in [0, 0.1) is 5.41 Å². The number of rotatable bonds is 7. The van der Waals surface area contributed by atoms with E-state index in [1.807, 2.05) is 0 Å². The minimum absolute atomic E-state index is 0.0498. The van der Waals surface area contributed by atoms with Crippen LogP contribution in [0.1, 0.15) is 33.1 Å². The van der Waals surface area contributed by atoms with Crippen molar-refractivity contribution in [3.05, 3.63) is 0 Å². The van der Waals surface area contributed by atoms with Crippen LogP contribution < -0.4 is 0 Å². The van der Waals surface area contributed by atoms with Gasteiger partial charge in [-0.3, -0.25) is 4.79 Å². The van der Waals surface area contributed by atoms with E-state index in [2.05, 4.69) is 4.74 Å². The monoisotopic (exact) mass is 544 g/mol. The number of carbonyl (C=O) groups is 1. The number of alkyl halides is 15. The Morgan fingerprint density at radius 3 is 1.09 bits per heavy atom. The van der Waals surface area contributed by atoms with Crippen LogP contribution in [0.4, 0.5) is 65.9 Å². The van der Waals surface area contributed by atoms with Crippen molar-refractivity contribution in [1.82, 2.24) is 0 Å². The predicted octanol–water partition coefficient (Wildman–Crippen LogP) is 5.37. The summed E-state index contributed by atoms with van der Waals surface area (Å²) < 4.78 is 198. The maximum absolute atomic E-state index is 13.1. The first-order chi connectivity index (χ1) is 14.5. The second-order valence-electron chi connectivity index (χ2n) is 7.33. The first-order valence-electron chi connectivity index (χ1n) is 8.51. The number of aliphatic hydroxyl groups is 2. The second-order valence-corrected chi connectivity index (χ2v) is 7.33. The average Bonchev–Trinajstić information content (AvgIpc) is 2.55. The molecule has 0 heterocycles. The van der Waals surface area contributed by atoms with E-state index in [9.17, 15) is 70.7 Å². The molecule has 0 spiro atoms. The number of hydrogen-bond acceptors (Lipinski definition) is 4. The summed E-state index contributed by atoms with van der Waals surface area (Å²) in [6, 6.07) is 0. The van der Waals surface area contributed by atoms with E-state index in [1.165, 1.54) is 0 Å². The molecule has 0 bridgehead atoms. The second kappa shape index (κ2) is 9.09. The van der Waals surface area contributed by atoms with E-state index < -0.39 is 78.8 Å². The SMILES string of the molecule is CCC(C)(C(=O)OC(CC(O)(C(F)(F)F)C(F)(F)F)CC(O)(C(F)(F)F)C(F)(F)F)C(F)(F)F. The van der Waals surface area contributed by atoms with Crippen LogP contribution in [-0.4, -0.2) is 64.4 Å². The summed E-state index contributed by atoms with van der Waals surface area (Å²) in [4.78, 5) is 11.9. The minimum Gasteiger partial charge on any atom is -0.461 e. The summed E-state index contributed by atoms with van der Waals surface area (Å²) in [5.74, 6) is -2.86. The summed E-state index contributed by atoms with van der Waals surface area (Å²) in [7, 11) is 0. The molecular formula is C15H15F15O4. The first-order valence-corrected chi connectivity index (χ1v) is 8.51. The zero-order chi connectivity index (χ0) is 28.0. The Bertz CT molecular complexity index is 648. The van der Waals surface area contributed by atoms with Crippen LogP contribution in [0.5, 0.6) is 0 Å². The molecule has 0 aromatic rings. The molecule has 0 aromatic carbocycles. The van der Waals surface area contributed by atoms with Gasteiger partial charge in [0.1, 0.15) is 6.10 Å². The highest BCUT2D eigenvalue weighted by atomic mass is 19.4. The molecule has 204 valence electrons. The first kappa shape index (κ1) is 32.3. The summed E-state index contributed by atoms with van der Waals surface area (Å²) >= 11 is 0. The van der Waals surface area contributed by atoms with Gasteiger partial charge in [-0.2, -0.15) is 65.9 Å². The third kappa shape index (κ3) is 5.93. The lowest BCUT2D eigenvalue weighted by atomic mass is 9.85. The molecule has 0 radical (unpaired) electrons. The number of carbonyl (C=O) groups excluding carboxylic acids is 1. The Labute approximate surface area is 179 Å². The smallest absolute Gasteiger partial charge is 0.426 e. The molecule has 19 heteroatoms. The lowest BCUT2D eigenvalue weighted by Gasteiger charge is -2.39. The molecule has 0 saturated heterocycles. The molecule has 0 amide bonds. The highest BCUT2D eigenvalue weighted by molar-refractivity contribution is 5.77. The Balaban J connectivity index is 6.79. The highest BCUT2D eigenvalue weighted by Gasteiger charge is 2.74.